The van der Waals surface area contributed by atoms with Crippen molar-refractivity contribution in [2.45, 2.75) is 25.3 Å². The maximum Gasteiger partial charge on any atom is 0.299 e. The predicted octanol–water partition coefficient (Wildman–Crippen LogP) is 4.15. The highest BCUT2D eigenvalue weighted by Crippen LogP contribution is 2.39. The van der Waals surface area contributed by atoms with Crippen LogP contribution < -0.4 is 0 Å². The van der Waals surface area contributed by atoms with Gasteiger partial charge in [0.2, 0.25) is 5.88 Å². The van der Waals surface area contributed by atoms with E-state index >= 15 is 0 Å². The van der Waals surface area contributed by atoms with Crippen LogP contribution in [0.15, 0.2) is 63.1 Å². The van der Waals surface area contributed by atoms with Crippen molar-refractivity contribution in [3.63, 3.8) is 0 Å². The Bertz CT molecular complexity index is 1020. The van der Waals surface area contributed by atoms with Crippen LogP contribution in [0.2, 0.25) is 0 Å². The van der Waals surface area contributed by atoms with Crippen molar-refractivity contribution in [2.24, 2.45) is 9.63 Å². The summed E-state index contributed by atoms with van der Waals surface area (Å²) in [6.07, 6.45) is 0. The van der Waals surface area contributed by atoms with Gasteiger partial charge in [0.25, 0.3) is 10.0 Å². The third-order valence-electron chi connectivity index (χ3n) is 3.80. The van der Waals surface area contributed by atoms with Crippen LogP contribution in [0.5, 0.6) is 5.88 Å². The molecule has 6 nitrogen and oxygen atoms in total. The number of aromatic nitrogens is 1. The van der Waals surface area contributed by atoms with E-state index in [1.54, 1.807) is 28.8 Å². The van der Waals surface area contributed by atoms with Crippen LogP contribution in [0.1, 0.15) is 12.5 Å². The molecule has 0 unspecified atom stereocenters. The minimum absolute atomic E-state index is 0.0653. The Morgan fingerprint density at radius 3 is 2.42 bits per heavy atom. The molecule has 3 aromatic rings. The maximum atomic E-state index is 12.3. The SMILES string of the molecule is CCn1c(O)c(N=NS(=O)(=O)c2ccc(C)cc2)c2ccccc21. The van der Waals surface area contributed by atoms with E-state index in [0.717, 1.165) is 11.1 Å². The topological polar surface area (TPSA) is 84.0 Å². The number of benzene rings is 2. The molecular weight excluding hydrogens is 326 g/mol. The van der Waals surface area contributed by atoms with E-state index in [4.69, 9.17) is 0 Å². The standard InChI is InChI=1S/C17H17N3O3S/c1-3-20-15-7-5-4-6-14(15)16(17(20)21)18-19-24(22,23)13-10-8-12(2)9-11-13/h4-11,21H,3H2,1-2H3. The number of fused-ring (bicyclic) bond motifs is 1. The summed E-state index contributed by atoms with van der Waals surface area (Å²) in [6, 6.07) is 13.6. The summed E-state index contributed by atoms with van der Waals surface area (Å²) in [5.74, 6) is -0.0958. The zero-order valence-corrected chi connectivity index (χ0v) is 14.2. The summed E-state index contributed by atoms with van der Waals surface area (Å²) in [5, 5.41) is 14.8. The van der Waals surface area contributed by atoms with Crippen LogP contribution in [-0.4, -0.2) is 18.1 Å². The molecule has 124 valence electrons. The first-order valence-electron chi connectivity index (χ1n) is 7.49. The zero-order chi connectivity index (χ0) is 17.3. The third kappa shape index (κ3) is 2.78. The molecule has 2 aromatic carbocycles. The predicted molar refractivity (Wildman–Crippen MR) is 92.2 cm³/mol. The number of hydrogen-bond donors (Lipinski definition) is 1. The van der Waals surface area contributed by atoms with Gasteiger partial charge in [0, 0.05) is 11.9 Å². The van der Waals surface area contributed by atoms with Gasteiger partial charge < -0.3 is 9.67 Å². The number of para-hydroxylation sites is 1. The van der Waals surface area contributed by atoms with Crippen molar-refractivity contribution in [1.29, 1.82) is 0 Å². The Balaban J connectivity index is 2.08. The van der Waals surface area contributed by atoms with E-state index < -0.39 is 10.0 Å². The number of rotatable bonds is 4. The molecule has 0 spiro atoms. The summed E-state index contributed by atoms with van der Waals surface area (Å²) in [4.78, 5) is 0.0653. The molecule has 0 atom stereocenters. The minimum Gasteiger partial charge on any atom is -0.493 e. The molecule has 0 saturated carbocycles. The van der Waals surface area contributed by atoms with Crippen LogP contribution in [0.25, 0.3) is 10.9 Å². The first-order chi connectivity index (χ1) is 11.4. The van der Waals surface area contributed by atoms with E-state index in [1.165, 1.54) is 12.1 Å². The lowest BCUT2D eigenvalue weighted by molar-refractivity contribution is 0.427. The van der Waals surface area contributed by atoms with Crippen LogP contribution >= 0.6 is 0 Å². The fourth-order valence-corrected chi connectivity index (χ4v) is 3.31. The molecule has 0 aliphatic heterocycles. The summed E-state index contributed by atoms with van der Waals surface area (Å²) < 4.78 is 29.7. The molecule has 0 aliphatic carbocycles. The van der Waals surface area contributed by atoms with Gasteiger partial charge in [0.05, 0.1) is 10.4 Å². The molecule has 1 aromatic heterocycles. The third-order valence-corrected chi connectivity index (χ3v) is 4.97. The van der Waals surface area contributed by atoms with Crippen LogP contribution in [0.4, 0.5) is 5.69 Å². The lowest BCUT2D eigenvalue weighted by atomic mass is 10.2. The normalized spacial score (nSPS) is 12.2. The largest absolute Gasteiger partial charge is 0.493 e. The monoisotopic (exact) mass is 343 g/mol. The Labute approximate surface area is 140 Å². The number of aryl methyl sites for hydroxylation is 2. The van der Waals surface area contributed by atoms with E-state index in [2.05, 4.69) is 9.63 Å². The molecule has 1 heterocycles. The smallest absolute Gasteiger partial charge is 0.299 e. The minimum atomic E-state index is -3.92. The number of aromatic hydroxyl groups is 1. The van der Waals surface area contributed by atoms with Crippen LogP contribution in [0.3, 0.4) is 0 Å². The Morgan fingerprint density at radius 2 is 1.75 bits per heavy atom. The number of sulfonamides is 1. The molecule has 24 heavy (non-hydrogen) atoms. The highest BCUT2D eigenvalue weighted by Gasteiger charge is 2.17. The molecule has 0 saturated heterocycles. The van der Waals surface area contributed by atoms with Crippen LogP contribution in [-0.2, 0) is 16.6 Å². The number of nitrogens with zero attached hydrogens (tertiary/aromatic N) is 3. The highest BCUT2D eigenvalue weighted by atomic mass is 32.2. The fraction of sp³-hybridized carbons (Fsp3) is 0.176. The van der Waals surface area contributed by atoms with Gasteiger partial charge in [-0.15, -0.1) is 5.11 Å². The molecule has 0 amide bonds. The molecule has 0 radical (unpaired) electrons. The maximum absolute atomic E-state index is 12.3. The van der Waals surface area contributed by atoms with Gasteiger partial charge in [-0.2, -0.15) is 8.42 Å². The Kier molecular flexibility index (Phi) is 4.11. The summed E-state index contributed by atoms with van der Waals surface area (Å²) in [7, 11) is -3.92. The average Bonchev–Trinajstić information content (AvgIpc) is 2.84. The van der Waals surface area contributed by atoms with E-state index in [0.29, 0.717) is 11.9 Å². The molecule has 7 heteroatoms. The van der Waals surface area contributed by atoms with Gasteiger partial charge in [0.1, 0.15) is 0 Å². The molecule has 0 aliphatic rings. The van der Waals surface area contributed by atoms with Crippen molar-refractivity contribution < 1.29 is 13.5 Å². The molecule has 1 N–H and O–H groups in total. The summed E-state index contributed by atoms with van der Waals surface area (Å²) >= 11 is 0. The second-order valence-corrected chi connectivity index (χ2v) is 6.99. The second kappa shape index (κ2) is 6.09. The van der Waals surface area contributed by atoms with E-state index in [-0.39, 0.29) is 16.5 Å². The highest BCUT2D eigenvalue weighted by molar-refractivity contribution is 7.90. The van der Waals surface area contributed by atoms with Gasteiger partial charge in [-0.25, -0.2) is 0 Å². The van der Waals surface area contributed by atoms with Crippen molar-refractivity contribution in [2.75, 3.05) is 0 Å². The average molecular weight is 343 g/mol. The van der Waals surface area contributed by atoms with Crippen LogP contribution in [0, 0.1) is 6.92 Å². The van der Waals surface area contributed by atoms with Gasteiger partial charge >= 0.3 is 0 Å². The molecule has 3 rings (SSSR count). The molecule has 0 fully saturated rings. The Hall–Kier alpha value is -2.67. The van der Waals surface area contributed by atoms with Gasteiger partial charge in [-0.05, 0) is 32.0 Å². The zero-order valence-electron chi connectivity index (χ0n) is 13.3. The summed E-state index contributed by atoms with van der Waals surface area (Å²) in [6.45, 7) is 4.29. The van der Waals surface area contributed by atoms with Crippen molar-refractivity contribution >= 4 is 26.6 Å². The van der Waals surface area contributed by atoms with E-state index in [1.807, 2.05) is 26.0 Å². The van der Waals surface area contributed by atoms with Gasteiger partial charge in [-0.1, -0.05) is 40.4 Å². The van der Waals surface area contributed by atoms with Crippen molar-refractivity contribution in [1.82, 2.24) is 4.57 Å². The molecule has 0 bridgehead atoms. The molecular formula is C17H17N3O3S. The van der Waals surface area contributed by atoms with Crippen molar-refractivity contribution in [3.05, 3.63) is 54.1 Å². The lowest BCUT2D eigenvalue weighted by Gasteiger charge is -2.01. The lowest BCUT2D eigenvalue weighted by Crippen LogP contribution is -1.95. The Morgan fingerprint density at radius 1 is 1.08 bits per heavy atom. The second-order valence-electron chi connectivity index (χ2n) is 5.40. The van der Waals surface area contributed by atoms with Gasteiger partial charge in [0.15, 0.2) is 5.69 Å². The van der Waals surface area contributed by atoms with Crippen molar-refractivity contribution in [3.8, 4) is 5.88 Å². The van der Waals surface area contributed by atoms with E-state index in [9.17, 15) is 13.5 Å². The van der Waals surface area contributed by atoms with Gasteiger partial charge in [-0.3, -0.25) is 0 Å². The first kappa shape index (κ1) is 16.2. The first-order valence-corrected chi connectivity index (χ1v) is 8.93. The fourth-order valence-electron chi connectivity index (χ4n) is 2.54. The summed E-state index contributed by atoms with van der Waals surface area (Å²) in [5.41, 5.74) is 1.89. The quantitative estimate of drug-likeness (QED) is 0.722. The number of hydrogen-bond acceptors (Lipinski definition) is 4.